The van der Waals surface area contributed by atoms with Gasteiger partial charge in [-0.1, -0.05) is 26.7 Å². The Kier molecular flexibility index (Phi) is 7.60. The second-order valence-corrected chi connectivity index (χ2v) is 9.12. The van der Waals surface area contributed by atoms with Crippen LogP contribution in [0, 0.1) is 0 Å². The normalized spacial score (nSPS) is 11.4. The molecule has 0 atom stereocenters. The van der Waals surface area contributed by atoms with E-state index in [1.807, 2.05) is 13.8 Å². The van der Waals surface area contributed by atoms with E-state index in [0.29, 0.717) is 19.4 Å². The summed E-state index contributed by atoms with van der Waals surface area (Å²) in [5.41, 5.74) is 4.95. The monoisotopic (exact) mass is 436 g/mol. The smallest absolute Gasteiger partial charge is 0.330 e. The molecule has 2 rings (SSSR count). The van der Waals surface area contributed by atoms with E-state index in [2.05, 4.69) is 4.98 Å². The molecule has 2 aromatic rings. The van der Waals surface area contributed by atoms with Crippen molar-refractivity contribution in [2.45, 2.75) is 51.0 Å². The second-order valence-electron chi connectivity index (χ2n) is 7.11. The van der Waals surface area contributed by atoms with Gasteiger partial charge in [0, 0.05) is 24.9 Å². The average Bonchev–Trinajstić information content (AvgIpc) is 2.69. The number of hydrogen-bond acceptors (Lipinski definition) is 6. The highest BCUT2D eigenvalue weighted by atomic mass is 32.2. The lowest BCUT2D eigenvalue weighted by Gasteiger charge is -2.24. The first-order valence-electron chi connectivity index (χ1n) is 9.86. The van der Waals surface area contributed by atoms with Crippen LogP contribution < -0.4 is 21.9 Å². The van der Waals surface area contributed by atoms with Gasteiger partial charge in [-0.25, -0.2) is 13.2 Å². The zero-order valence-corrected chi connectivity index (χ0v) is 18.3. The summed E-state index contributed by atoms with van der Waals surface area (Å²) in [4.78, 5) is 41.6. The molecule has 0 bridgehead atoms. The number of nitrogens with zero attached hydrogens (tertiary/aromatic N) is 2. The number of nitrogens with one attached hydrogen (secondary N) is 1. The van der Waals surface area contributed by atoms with E-state index in [4.69, 9.17) is 5.73 Å². The van der Waals surface area contributed by atoms with Crippen LogP contribution >= 0.6 is 0 Å². The number of rotatable bonds is 9. The molecule has 0 aliphatic heterocycles. The molecule has 0 radical (unpaired) electrons. The summed E-state index contributed by atoms with van der Waals surface area (Å²) in [5, 5.41) is 0. The molecular weight excluding hydrogens is 408 g/mol. The van der Waals surface area contributed by atoms with E-state index in [-0.39, 0.29) is 28.5 Å². The third-order valence-electron chi connectivity index (χ3n) is 4.73. The first-order valence-corrected chi connectivity index (χ1v) is 11.8. The fourth-order valence-corrected chi connectivity index (χ4v) is 3.64. The van der Waals surface area contributed by atoms with Crippen molar-refractivity contribution in [3.63, 3.8) is 0 Å². The standard InChI is InChI=1S/C20H28N4O5S/c1-4-6-12-23(19(26)14-8-10-15(11-9-14)30(3,28)29)16-17(21)24(13-7-5-2)20(27)22-18(16)25/h8-11H,4-7,12-13,21H2,1-3H3,(H,22,25,27). The molecule has 0 saturated carbocycles. The molecule has 0 unspecified atom stereocenters. The van der Waals surface area contributed by atoms with Crippen molar-refractivity contribution < 1.29 is 13.2 Å². The lowest BCUT2D eigenvalue weighted by atomic mass is 10.1. The fraction of sp³-hybridized carbons (Fsp3) is 0.450. The molecule has 10 heteroatoms. The minimum absolute atomic E-state index is 0.0607. The summed E-state index contributed by atoms with van der Waals surface area (Å²) < 4.78 is 24.6. The third kappa shape index (κ3) is 5.18. The van der Waals surface area contributed by atoms with Gasteiger partial charge in [-0.05, 0) is 37.1 Å². The van der Waals surface area contributed by atoms with Crippen molar-refractivity contribution in [3.8, 4) is 0 Å². The molecule has 1 heterocycles. The van der Waals surface area contributed by atoms with Crippen LogP contribution in [0.5, 0.6) is 0 Å². The number of carbonyl (C=O) groups excluding carboxylic acids is 1. The van der Waals surface area contributed by atoms with E-state index in [1.54, 1.807) is 0 Å². The van der Waals surface area contributed by atoms with Crippen LogP contribution in [0.3, 0.4) is 0 Å². The van der Waals surface area contributed by atoms with Gasteiger partial charge >= 0.3 is 5.69 Å². The molecule has 30 heavy (non-hydrogen) atoms. The number of hydrogen-bond donors (Lipinski definition) is 2. The molecule has 164 valence electrons. The molecule has 0 saturated heterocycles. The SMILES string of the molecule is CCCCN(C(=O)c1ccc(S(C)(=O)=O)cc1)c1c(N)n(CCCC)c(=O)[nH]c1=O. The predicted octanol–water partition coefficient (Wildman–Crippen LogP) is 1.77. The molecule has 1 amide bonds. The van der Waals surface area contributed by atoms with E-state index in [0.717, 1.165) is 19.1 Å². The minimum Gasteiger partial charge on any atom is -0.383 e. The Balaban J connectivity index is 2.56. The van der Waals surface area contributed by atoms with Crippen LogP contribution in [0.25, 0.3) is 0 Å². The van der Waals surface area contributed by atoms with Gasteiger partial charge in [-0.3, -0.25) is 19.1 Å². The molecular formula is C20H28N4O5S. The first kappa shape index (κ1) is 23.4. The van der Waals surface area contributed by atoms with Gasteiger partial charge in [0.05, 0.1) is 4.90 Å². The average molecular weight is 437 g/mol. The van der Waals surface area contributed by atoms with Gasteiger partial charge < -0.3 is 10.6 Å². The molecule has 1 aromatic carbocycles. The Bertz CT molecular complexity index is 1120. The van der Waals surface area contributed by atoms with Crippen molar-refractivity contribution in [1.82, 2.24) is 9.55 Å². The van der Waals surface area contributed by atoms with Crippen LogP contribution in [0.2, 0.25) is 0 Å². The lowest BCUT2D eigenvalue weighted by molar-refractivity contribution is 0.0986. The van der Waals surface area contributed by atoms with E-state index >= 15 is 0 Å². The van der Waals surface area contributed by atoms with Crippen molar-refractivity contribution in [2.75, 3.05) is 23.4 Å². The Morgan fingerprint density at radius 3 is 2.23 bits per heavy atom. The van der Waals surface area contributed by atoms with Gasteiger partial charge in [0.1, 0.15) is 5.82 Å². The lowest BCUT2D eigenvalue weighted by Crippen LogP contribution is -2.41. The highest BCUT2D eigenvalue weighted by Crippen LogP contribution is 2.21. The number of aromatic amines is 1. The van der Waals surface area contributed by atoms with Crippen molar-refractivity contribution in [1.29, 1.82) is 0 Å². The van der Waals surface area contributed by atoms with Crippen molar-refractivity contribution in [2.24, 2.45) is 0 Å². The van der Waals surface area contributed by atoms with E-state index in [1.165, 1.54) is 33.7 Å². The summed E-state index contributed by atoms with van der Waals surface area (Å²) in [5.74, 6) is -0.559. The maximum Gasteiger partial charge on any atom is 0.330 e. The molecule has 1 aromatic heterocycles. The highest BCUT2D eigenvalue weighted by molar-refractivity contribution is 7.90. The summed E-state index contributed by atoms with van der Waals surface area (Å²) in [7, 11) is -3.40. The number of nitrogen functional groups attached to an aromatic ring is 1. The number of unbranched alkanes of at least 4 members (excludes halogenated alkanes) is 2. The number of carbonyl (C=O) groups is 1. The Labute approximate surface area is 175 Å². The summed E-state index contributed by atoms with van der Waals surface area (Å²) >= 11 is 0. The van der Waals surface area contributed by atoms with Crippen molar-refractivity contribution in [3.05, 3.63) is 50.7 Å². The topological polar surface area (TPSA) is 135 Å². The van der Waals surface area contributed by atoms with Crippen LogP contribution in [0.4, 0.5) is 11.5 Å². The first-order chi connectivity index (χ1) is 14.1. The van der Waals surface area contributed by atoms with E-state index < -0.39 is 27.0 Å². The third-order valence-corrected chi connectivity index (χ3v) is 5.86. The van der Waals surface area contributed by atoms with Gasteiger partial charge in [0.2, 0.25) is 0 Å². The van der Waals surface area contributed by atoms with Crippen LogP contribution in [0.15, 0.2) is 38.8 Å². The maximum atomic E-state index is 13.2. The largest absolute Gasteiger partial charge is 0.383 e. The van der Waals surface area contributed by atoms with Crippen LogP contribution in [-0.2, 0) is 16.4 Å². The Morgan fingerprint density at radius 2 is 1.70 bits per heavy atom. The molecule has 0 aliphatic rings. The summed E-state index contributed by atoms with van der Waals surface area (Å²) in [6.45, 7) is 4.45. The number of benzene rings is 1. The fourth-order valence-electron chi connectivity index (χ4n) is 3.01. The van der Waals surface area contributed by atoms with Gasteiger partial charge in [0.15, 0.2) is 15.5 Å². The predicted molar refractivity (Wildman–Crippen MR) is 117 cm³/mol. The van der Waals surface area contributed by atoms with Gasteiger partial charge in [-0.2, -0.15) is 0 Å². The van der Waals surface area contributed by atoms with Crippen molar-refractivity contribution >= 4 is 27.2 Å². The van der Waals surface area contributed by atoms with E-state index in [9.17, 15) is 22.8 Å². The quantitative estimate of drug-likeness (QED) is 0.615. The number of sulfone groups is 1. The number of nitrogens with two attached hydrogens (primary N) is 1. The molecule has 3 N–H and O–H groups in total. The Morgan fingerprint density at radius 1 is 1.10 bits per heavy atom. The number of aromatic nitrogens is 2. The number of H-pyrrole nitrogens is 1. The summed E-state index contributed by atoms with van der Waals surface area (Å²) in [6.07, 6.45) is 3.97. The van der Waals surface area contributed by atoms with Gasteiger partial charge in [0.25, 0.3) is 11.5 Å². The maximum absolute atomic E-state index is 13.2. The second kappa shape index (κ2) is 9.75. The Hall–Kier alpha value is -2.88. The number of amides is 1. The molecule has 0 spiro atoms. The zero-order chi connectivity index (χ0) is 22.5. The van der Waals surface area contributed by atoms with Gasteiger partial charge in [-0.15, -0.1) is 0 Å². The van der Waals surface area contributed by atoms with Crippen LogP contribution in [-0.4, -0.2) is 36.7 Å². The molecule has 0 fully saturated rings. The molecule has 9 nitrogen and oxygen atoms in total. The zero-order valence-electron chi connectivity index (χ0n) is 17.5. The molecule has 0 aliphatic carbocycles. The number of anilines is 2. The van der Waals surface area contributed by atoms with Crippen LogP contribution in [0.1, 0.15) is 49.9 Å². The summed E-state index contributed by atoms with van der Waals surface area (Å²) in [6, 6.07) is 5.48. The highest BCUT2D eigenvalue weighted by Gasteiger charge is 2.25. The minimum atomic E-state index is -3.40.